The quantitative estimate of drug-likeness (QED) is 0.381. The monoisotopic (exact) mass is 166 g/mol. The Balaban J connectivity index is 3.01. The number of nitrogens with one attached hydrogen (secondary N) is 1. The molecule has 1 unspecified atom stereocenters. The summed E-state index contributed by atoms with van der Waals surface area (Å²) in [5, 5.41) is 10.7. The molecule has 5 nitrogen and oxygen atoms in total. The molecule has 0 aromatic rings. The first kappa shape index (κ1) is 8.62. The molecule has 1 aliphatic heterocycles. The average molecular weight is 166 g/mol. The molecule has 12 heavy (non-hydrogen) atoms. The van der Waals surface area contributed by atoms with Crippen molar-refractivity contribution in [2.24, 2.45) is 5.11 Å². The predicted molar refractivity (Wildman–Crippen MR) is 44.7 cm³/mol. The van der Waals surface area contributed by atoms with Gasteiger partial charge in [-0.25, -0.2) is 0 Å². The first-order valence-corrected chi connectivity index (χ1v) is 3.67. The lowest BCUT2D eigenvalue weighted by Crippen LogP contribution is -2.25. The molecule has 0 aromatic carbocycles. The third-order valence-corrected chi connectivity index (χ3v) is 1.97. The van der Waals surface area contributed by atoms with Crippen LogP contribution in [-0.4, -0.2) is 11.5 Å². The minimum Gasteiger partial charge on any atom is -0.467 e. The normalized spacial score (nSPS) is 27.5. The van der Waals surface area contributed by atoms with E-state index in [-0.39, 0.29) is 5.90 Å². The number of rotatable bonds is 2. The van der Waals surface area contributed by atoms with E-state index in [0.29, 0.717) is 12.1 Å². The molecular formula is C7H10N4O. The lowest BCUT2D eigenvalue weighted by atomic mass is 10.0. The number of hydrogen-bond donors (Lipinski definition) is 1. The Hall–Kier alpha value is -1.48. The first-order valence-electron chi connectivity index (χ1n) is 3.67. The molecule has 1 heterocycles. The molecule has 0 spiro atoms. The van der Waals surface area contributed by atoms with Gasteiger partial charge in [-0.05, 0) is 18.9 Å². The largest absolute Gasteiger partial charge is 0.467 e. The van der Waals surface area contributed by atoms with Crippen LogP contribution in [0.1, 0.15) is 20.3 Å². The van der Waals surface area contributed by atoms with E-state index in [2.05, 4.69) is 10.0 Å². The molecule has 64 valence electrons. The Morgan fingerprint density at radius 1 is 1.83 bits per heavy atom. The molecule has 0 aliphatic carbocycles. The van der Waals surface area contributed by atoms with E-state index in [1.807, 2.05) is 6.92 Å². The molecule has 0 radical (unpaired) electrons. The summed E-state index contributed by atoms with van der Waals surface area (Å²) in [6, 6.07) is 0. The van der Waals surface area contributed by atoms with Crippen LogP contribution in [0.3, 0.4) is 0 Å². The van der Waals surface area contributed by atoms with Crippen LogP contribution in [-0.2, 0) is 4.74 Å². The second kappa shape index (κ2) is 2.87. The molecule has 1 atom stereocenters. The fourth-order valence-corrected chi connectivity index (χ4v) is 1.04. The van der Waals surface area contributed by atoms with Gasteiger partial charge in [-0.2, -0.15) is 0 Å². The van der Waals surface area contributed by atoms with Crippen molar-refractivity contribution in [3.8, 4) is 0 Å². The Labute approximate surface area is 70.2 Å². The summed E-state index contributed by atoms with van der Waals surface area (Å²) >= 11 is 0. The maximum absolute atomic E-state index is 8.23. The van der Waals surface area contributed by atoms with E-state index < -0.39 is 5.60 Å². The minimum absolute atomic E-state index is 0.0572. The maximum Gasteiger partial charge on any atom is 0.206 e. The highest BCUT2D eigenvalue weighted by atomic mass is 16.5. The highest BCUT2D eigenvalue weighted by Crippen LogP contribution is 2.31. The Bertz CT molecular complexity index is 290. The van der Waals surface area contributed by atoms with Crippen LogP contribution in [0.15, 0.2) is 16.9 Å². The van der Waals surface area contributed by atoms with Crippen LogP contribution in [0.2, 0.25) is 0 Å². The summed E-state index contributed by atoms with van der Waals surface area (Å²) in [7, 11) is 0. The van der Waals surface area contributed by atoms with Crippen molar-refractivity contribution in [3.63, 3.8) is 0 Å². The molecule has 5 heteroatoms. The Morgan fingerprint density at radius 2 is 2.50 bits per heavy atom. The number of azide groups is 1. The first-order chi connectivity index (χ1) is 5.62. The predicted octanol–water partition coefficient (Wildman–Crippen LogP) is 2.36. The van der Waals surface area contributed by atoms with Gasteiger partial charge in [0.05, 0.1) is 5.70 Å². The molecule has 1 aliphatic rings. The summed E-state index contributed by atoms with van der Waals surface area (Å²) < 4.78 is 5.19. The minimum atomic E-state index is -0.608. The van der Waals surface area contributed by atoms with Gasteiger partial charge in [-0.1, -0.05) is 12.0 Å². The van der Waals surface area contributed by atoms with Gasteiger partial charge in [0, 0.05) is 11.0 Å². The van der Waals surface area contributed by atoms with Gasteiger partial charge < -0.3 is 4.74 Å². The topological polar surface area (TPSA) is 81.8 Å². The molecule has 0 saturated carbocycles. The van der Waals surface area contributed by atoms with E-state index in [1.54, 1.807) is 6.92 Å². The molecular weight excluding hydrogens is 156 g/mol. The SMILES string of the molecule is CCC1(C)OC(=N)C=C1N=[N+]=[N-]. The van der Waals surface area contributed by atoms with Crippen LogP contribution in [0.4, 0.5) is 0 Å². The summed E-state index contributed by atoms with van der Waals surface area (Å²) in [4.78, 5) is 2.68. The standard InChI is InChI=1S/C7H10N4O/c1-3-7(2)5(10-11-9)4-6(8)12-7/h4,8H,3H2,1-2H3. The van der Waals surface area contributed by atoms with E-state index in [1.165, 1.54) is 6.08 Å². The van der Waals surface area contributed by atoms with Gasteiger partial charge in [0.25, 0.3) is 0 Å². The van der Waals surface area contributed by atoms with Crippen LogP contribution in [0.5, 0.6) is 0 Å². The van der Waals surface area contributed by atoms with E-state index in [0.717, 1.165) is 0 Å². The smallest absolute Gasteiger partial charge is 0.206 e. The molecule has 0 aromatic heterocycles. The van der Waals surface area contributed by atoms with Gasteiger partial charge in [0.1, 0.15) is 5.60 Å². The fraction of sp³-hybridized carbons (Fsp3) is 0.571. The van der Waals surface area contributed by atoms with Crippen molar-refractivity contribution < 1.29 is 4.74 Å². The van der Waals surface area contributed by atoms with Crippen LogP contribution in [0, 0.1) is 5.41 Å². The molecule has 1 rings (SSSR count). The number of nitrogens with zero attached hydrogens (tertiary/aromatic N) is 3. The molecule has 0 fully saturated rings. The fourth-order valence-electron chi connectivity index (χ4n) is 1.04. The van der Waals surface area contributed by atoms with E-state index in [4.69, 9.17) is 15.7 Å². The van der Waals surface area contributed by atoms with Gasteiger partial charge in [-0.15, -0.1) is 0 Å². The van der Waals surface area contributed by atoms with E-state index >= 15 is 0 Å². The molecule has 0 saturated heterocycles. The summed E-state index contributed by atoms with van der Waals surface area (Å²) in [6.45, 7) is 3.72. The van der Waals surface area contributed by atoms with Crippen LogP contribution >= 0.6 is 0 Å². The zero-order chi connectivity index (χ0) is 9.19. The zero-order valence-corrected chi connectivity index (χ0v) is 7.03. The Morgan fingerprint density at radius 3 is 3.00 bits per heavy atom. The number of ether oxygens (including phenoxy) is 1. The highest BCUT2D eigenvalue weighted by Gasteiger charge is 2.34. The van der Waals surface area contributed by atoms with Crippen LogP contribution < -0.4 is 0 Å². The molecule has 0 amide bonds. The number of hydrogen-bond acceptors (Lipinski definition) is 3. The van der Waals surface area contributed by atoms with Crippen molar-refractivity contribution in [3.05, 3.63) is 22.2 Å². The third-order valence-electron chi connectivity index (χ3n) is 1.97. The second-order valence-corrected chi connectivity index (χ2v) is 2.77. The van der Waals surface area contributed by atoms with E-state index in [9.17, 15) is 0 Å². The summed E-state index contributed by atoms with van der Waals surface area (Å²) in [5.41, 5.74) is 8.11. The van der Waals surface area contributed by atoms with Crippen LogP contribution in [0.25, 0.3) is 10.4 Å². The van der Waals surface area contributed by atoms with Crippen molar-refractivity contribution in [1.29, 1.82) is 5.41 Å². The van der Waals surface area contributed by atoms with Gasteiger partial charge >= 0.3 is 0 Å². The van der Waals surface area contributed by atoms with Gasteiger partial charge in [0.2, 0.25) is 5.90 Å². The summed E-state index contributed by atoms with van der Waals surface area (Å²) in [6.07, 6.45) is 2.13. The van der Waals surface area contributed by atoms with Crippen molar-refractivity contribution in [1.82, 2.24) is 0 Å². The van der Waals surface area contributed by atoms with Gasteiger partial charge in [0.15, 0.2) is 0 Å². The average Bonchev–Trinajstić information content (AvgIpc) is 2.29. The van der Waals surface area contributed by atoms with Gasteiger partial charge in [-0.3, -0.25) is 5.41 Å². The lowest BCUT2D eigenvalue weighted by Gasteiger charge is -2.22. The lowest BCUT2D eigenvalue weighted by molar-refractivity contribution is 0.121. The zero-order valence-electron chi connectivity index (χ0n) is 7.03. The third kappa shape index (κ3) is 1.26. The Kier molecular flexibility index (Phi) is 2.06. The molecule has 0 bridgehead atoms. The maximum atomic E-state index is 8.23. The van der Waals surface area contributed by atoms with Crippen molar-refractivity contribution >= 4 is 5.90 Å². The van der Waals surface area contributed by atoms with Crippen molar-refractivity contribution in [2.75, 3.05) is 0 Å². The molecule has 1 N–H and O–H groups in total. The highest BCUT2D eigenvalue weighted by molar-refractivity contribution is 5.89. The summed E-state index contributed by atoms with van der Waals surface area (Å²) in [5.74, 6) is 0.0572. The van der Waals surface area contributed by atoms with Crippen molar-refractivity contribution in [2.45, 2.75) is 25.9 Å². The second-order valence-electron chi connectivity index (χ2n) is 2.77.